The first-order chi connectivity index (χ1) is 16.5. The SMILES string of the molecule is NC(CC(=O)O)C(=O)N1CCCC1C(=O)NC(Cc1ccccc1)C(=O)NC(CC(=O)O)C(=O)O. The summed E-state index contributed by atoms with van der Waals surface area (Å²) in [6.45, 7) is 0.180. The van der Waals surface area contributed by atoms with E-state index in [-0.39, 0.29) is 19.4 Å². The second kappa shape index (κ2) is 12.5. The predicted molar refractivity (Wildman–Crippen MR) is 119 cm³/mol. The van der Waals surface area contributed by atoms with Gasteiger partial charge in [0.25, 0.3) is 0 Å². The molecular weight excluding hydrogens is 464 g/mol. The Morgan fingerprint density at radius 2 is 1.57 bits per heavy atom. The van der Waals surface area contributed by atoms with Crippen molar-refractivity contribution in [3.63, 3.8) is 0 Å². The largest absolute Gasteiger partial charge is 0.481 e. The number of nitrogens with one attached hydrogen (secondary N) is 2. The van der Waals surface area contributed by atoms with E-state index in [4.69, 9.17) is 15.9 Å². The van der Waals surface area contributed by atoms with Crippen molar-refractivity contribution >= 4 is 35.6 Å². The number of carbonyl (C=O) groups excluding carboxylic acids is 3. The van der Waals surface area contributed by atoms with Crippen molar-refractivity contribution in [3.05, 3.63) is 35.9 Å². The molecule has 2 rings (SSSR count). The quantitative estimate of drug-likeness (QED) is 0.199. The van der Waals surface area contributed by atoms with Crippen LogP contribution in [0.5, 0.6) is 0 Å². The molecule has 0 bridgehead atoms. The number of nitrogens with zero attached hydrogens (tertiary/aromatic N) is 1. The molecule has 0 radical (unpaired) electrons. The number of rotatable bonds is 12. The molecule has 13 nitrogen and oxygen atoms in total. The number of aliphatic carboxylic acids is 3. The normalized spacial score (nSPS) is 17.6. The highest BCUT2D eigenvalue weighted by molar-refractivity contribution is 5.95. The molecule has 35 heavy (non-hydrogen) atoms. The monoisotopic (exact) mass is 492 g/mol. The number of benzene rings is 1. The third kappa shape index (κ3) is 8.07. The number of carboxylic acid groups (broad SMARTS) is 3. The number of nitrogens with two attached hydrogens (primary N) is 1. The third-order valence-corrected chi connectivity index (χ3v) is 5.46. The third-order valence-electron chi connectivity index (χ3n) is 5.46. The van der Waals surface area contributed by atoms with Gasteiger partial charge in [-0.15, -0.1) is 0 Å². The standard InChI is InChI=1S/C22H28N4O9/c23-13(10-17(27)28)21(33)26-8-4-7-16(26)20(32)24-14(9-12-5-2-1-3-6-12)19(31)25-15(22(34)35)11-18(29)30/h1-3,5-6,13-16H,4,7-11,23H2,(H,24,32)(H,25,31)(H,27,28)(H,29,30)(H,34,35). The molecule has 0 saturated carbocycles. The summed E-state index contributed by atoms with van der Waals surface area (Å²) in [6.07, 6.45) is -0.786. The maximum Gasteiger partial charge on any atom is 0.326 e. The summed E-state index contributed by atoms with van der Waals surface area (Å²) in [5, 5.41) is 31.7. The number of carboxylic acids is 3. The van der Waals surface area contributed by atoms with Crippen LogP contribution < -0.4 is 16.4 Å². The Hall–Kier alpha value is -4.00. The van der Waals surface area contributed by atoms with E-state index in [9.17, 15) is 33.9 Å². The van der Waals surface area contributed by atoms with Crippen LogP contribution in [-0.4, -0.2) is 86.6 Å². The Kier molecular flexibility index (Phi) is 9.70. The molecule has 1 saturated heterocycles. The zero-order chi connectivity index (χ0) is 26.1. The van der Waals surface area contributed by atoms with Crippen LogP contribution in [0.1, 0.15) is 31.2 Å². The molecule has 1 fully saturated rings. The van der Waals surface area contributed by atoms with Crippen LogP contribution in [0.25, 0.3) is 0 Å². The molecule has 3 amide bonds. The molecule has 190 valence electrons. The summed E-state index contributed by atoms with van der Waals surface area (Å²) in [5.74, 6) is -6.56. The van der Waals surface area contributed by atoms with Crippen molar-refractivity contribution in [3.8, 4) is 0 Å². The highest BCUT2D eigenvalue weighted by atomic mass is 16.4. The number of hydrogen-bond acceptors (Lipinski definition) is 7. The van der Waals surface area contributed by atoms with E-state index < -0.39 is 72.6 Å². The van der Waals surface area contributed by atoms with E-state index >= 15 is 0 Å². The first kappa shape index (κ1) is 27.2. The minimum Gasteiger partial charge on any atom is -0.481 e. The molecule has 0 aliphatic carbocycles. The summed E-state index contributed by atoms with van der Waals surface area (Å²) in [4.78, 5) is 72.9. The van der Waals surface area contributed by atoms with E-state index in [1.165, 1.54) is 4.90 Å². The van der Waals surface area contributed by atoms with Crippen LogP contribution >= 0.6 is 0 Å². The van der Waals surface area contributed by atoms with Gasteiger partial charge in [-0.05, 0) is 18.4 Å². The second-order valence-corrected chi connectivity index (χ2v) is 8.14. The zero-order valence-corrected chi connectivity index (χ0v) is 18.8. The van der Waals surface area contributed by atoms with Crippen LogP contribution in [0.15, 0.2) is 30.3 Å². The fourth-order valence-corrected chi connectivity index (χ4v) is 3.77. The molecule has 13 heteroatoms. The number of amides is 3. The molecule has 1 heterocycles. The molecule has 4 unspecified atom stereocenters. The lowest BCUT2D eigenvalue weighted by Gasteiger charge is -2.28. The molecular formula is C22H28N4O9. The van der Waals surface area contributed by atoms with Crippen LogP contribution in [0, 0.1) is 0 Å². The van der Waals surface area contributed by atoms with Gasteiger partial charge in [0.1, 0.15) is 18.1 Å². The van der Waals surface area contributed by atoms with Gasteiger partial charge in [0, 0.05) is 13.0 Å². The van der Waals surface area contributed by atoms with E-state index in [2.05, 4.69) is 10.6 Å². The lowest BCUT2D eigenvalue weighted by molar-refractivity contribution is -0.147. The average molecular weight is 492 g/mol. The molecule has 1 aromatic carbocycles. The molecule has 1 aliphatic heterocycles. The van der Waals surface area contributed by atoms with Crippen molar-refractivity contribution in [2.24, 2.45) is 5.73 Å². The van der Waals surface area contributed by atoms with Crippen molar-refractivity contribution in [2.45, 2.75) is 56.3 Å². The highest BCUT2D eigenvalue weighted by Crippen LogP contribution is 2.19. The van der Waals surface area contributed by atoms with E-state index in [0.29, 0.717) is 12.0 Å². The van der Waals surface area contributed by atoms with E-state index in [1.54, 1.807) is 30.3 Å². The Labute approximate surface area is 200 Å². The van der Waals surface area contributed by atoms with E-state index in [1.807, 2.05) is 0 Å². The molecule has 1 aliphatic rings. The Balaban J connectivity index is 2.20. The minimum absolute atomic E-state index is 0.0307. The van der Waals surface area contributed by atoms with Gasteiger partial charge in [0.2, 0.25) is 17.7 Å². The fourth-order valence-electron chi connectivity index (χ4n) is 3.77. The van der Waals surface area contributed by atoms with Crippen LogP contribution in [-0.2, 0) is 35.2 Å². The Bertz CT molecular complexity index is 969. The van der Waals surface area contributed by atoms with Crippen molar-refractivity contribution in [2.75, 3.05) is 6.54 Å². The van der Waals surface area contributed by atoms with Gasteiger partial charge in [0.15, 0.2) is 0 Å². The van der Waals surface area contributed by atoms with Gasteiger partial charge in [-0.3, -0.25) is 24.0 Å². The lowest BCUT2D eigenvalue weighted by atomic mass is 10.0. The zero-order valence-electron chi connectivity index (χ0n) is 18.8. The first-order valence-electron chi connectivity index (χ1n) is 10.9. The van der Waals surface area contributed by atoms with Crippen LogP contribution in [0.3, 0.4) is 0 Å². The van der Waals surface area contributed by atoms with Crippen LogP contribution in [0.4, 0.5) is 0 Å². The second-order valence-electron chi connectivity index (χ2n) is 8.14. The smallest absolute Gasteiger partial charge is 0.326 e. The number of carbonyl (C=O) groups is 6. The average Bonchev–Trinajstić information content (AvgIpc) is 3.27. The summed E-state index contributed by atoms with van der Waals surface area (Å²) in [5.41, 5.74) is 6.30. The fraction of sp³-hybridized carbons (Fsp3) is 0.455. The maximum atomic E-state index is 13.1. The predicted octanol–water partition coefficient (Wildman–Crippen LogP) is -1.45. The number of hydrogen-bond donors (Lipinski definition) is 6. The summed E-state index contributed by atoms with van der Waals surface area (Å²) < 4.78 is 0. The first-order valence-corrected chi connectivity index (χ1v) is 10.9. The summed E-state index contributed by atoms with van der Waals surface area (Å²) in [6, 6.07) is 3.21. The topological polar surface area (TPSA) is 216 Å². The molecule has 7 N–H and O–H groups in total. The van der Waals surface area contributed by atoms with Gasteiger partial charge in [-0.25, -0.2) is 4.79 Å². The molecule has 0 spiro atoms. The highest BCUT2D eigenvalue weighted by Gasteiger charge is 2.38. The molecule has 4 atom stereocenters. The van der Waals surface area contributed by atoms with Crippen molar-refractivity contribution in [1.82, 2.24) is 15.5 Å². The maximum absolute atomic E-state index is 13.1. The summed E-state index contributed by atoms with van der Waals surface area (Å²) in [7, 11) is 0. The van der Waals surface area contributed by atoms with Gasteiger partial charge in [0.05, 0.1) is 18.9 Å². The molecule has 1 aromatic rings. The number of likely N-dealkylation sites (tertiary alicyclic amines) is 1. The van der Waals surface area contributed by atoms with Gasteiger partial charge in [-0.2, -0.15) is 0 Å². The van der Waals surface area contributed by atoms with Gasteiger partial charge in [-0.1, -0.05) is 30.3 Å². The van der Waals surface area contributed by atoms with Crippen molar-refractivity contribution in [1.29, 1.82) is 0 Å². The van der Waals surface area contributed by atoms with Gasteiger partial charge >= 0.3 is 17.9 Å². The lowest BCUT2D eigenvalue weighted by Crippen LogP contribution is -2.57. The van der Waals surface area contributed by atoms with Gasteiger partial charge < -0.3 is 36.6 Å². The van der Waals surface area contributed by atoms with Crippen molar-refractivity contribution < 1.29 is 44.1 Å². The van der Waals surface area contributed by atoms with Crippen LogP contribution in [0.2, 0.25) is 0 Å². The molecule has 0 aromatic heterocycles. The summed E-state index contributed by atoms with van der Waals surface area (Å²) >= 11 is 0. The minimum atomic E-state index is -1.71. The Morgan fingerprint density at radius 1 is 0.943 bits per heavy atom. The van der Waals surface area contributed by atoms with E-state index in [0.717, 1.165) is 0 Å². The Morgan fingerprint density at radius 3 is 2.14 bits per heavy atom.